The van der Waals surface area contributed by atoms with E-state index in [-0.39, 0.29) is 30.7 Å². The number of nitrogens with zero attached hydrogens (tertiary/aromatic N) is 5. The molecule has 3 N–H and O–H groups in total. The Kier molecular flexibility index (Phi) is 3.80. The van der Waals surface area contributed by atoms with Crippen molar-refractivity contribution in [3.8, 4) is 0 Å². The molecule has 140 valence electrons. The van der Waals surface area contributed by atoms with Crippen LogP contribution in [0.4, 0.5) is 10.6 Å². The van der Waals surface area contributed by atoms with E-state index in [9.17, 15) is 9.90 Å². The molecule has 1 amide bonds. The Balaban J connectivity index is 1.78. The van der Waals surface area contributed by atoms with E-state index in [1.54, 1.807) is 11.2 Å². The van der Waals surface area contributed by atoms with Crippen LogP contribution >= 0.6 is 0 Å². The van der Waals surface area contributed by atoms with Gasteiger partial charge in [0.1, 0.15) is 23.6 Å². The molecule has 0 radical (unpaired) electrons. The number of aliphatic hydroxyl groups is 1. The molecule has 1 aliphatic carbocycles. The van der Waals surface area contributed by atoms with Crippen LogP contribution in [-0.4, -0.2) is 53.9 Å². The number of amides is 1. The summed E-state index contributed by atoms with van der Waals surface area (Å²) in [7, 11) is 0. The summed E-state index contributed by atoms with van der Waals surface area (Å²) in [6.07, 6.45) is 4.26. The first-order chi connectivity index (χ1) is 12.3. The fourth-order valence-electron chi connectivity index (χ4n) is 4.19. The number of carbonyl (C=O) groups is 1. The minimum absolute atomic E-state index is 0.0966. The molecule has 4 rings (SSSR count). The minimum Gasteiger partial charge on any atom is -0.444 e. The summed E-state index contributed by atoms with van der Waals surface area (Å²) in [5.41, 5.74) is 6.38. The predicted octanol–water partition coefficient (Wildman–Crippen LogP) is 1.54. The van der Waals surface area contributed by atoms with E-state index < -0.39 is 11.7 Å². The lowest BCUT2D eigenvalue weighted by Crippen LogP contribution is -2.45. The van der Waals surface area contributed by atoms with Gasteiger partial charge in [-0.05, 0) is 39.5 Å². The summed E-state index contributed by atoms with van der Waals surface area (Å²) >= 11 is 0. The van der Waals surface area contributed by atoms with Crippen LogP contribution in [0.2, 0.25) is 0 Å². The molecular formula is C17H24N6O3. The van der Waals surface area contributed by atoms with Crippen molar-refractivity contribution < 1.29 is 14.6 Å². The first kappa shape index (κ1) is 17.0. The van der Waals surface area contributed by atoms with Crippen molar-refractivity contribution in [1.29, 1.82) is 0 Å². The standard InChI is InChI=1S/C17H24N6O3/c1-17(2,3)26-16(25)23-11(6-24)9-4-5-10(9)15(23)22-8-21-12-13(18)19-7-20-14(12)22/h7-11,15,24H,4-6H2,1-3H3,(H2,18,19,20)/t9-,10+,11+,15+/m0/s1. The molecule has 9 nitrogen and oxygen atoms in total. The first-order valence-corrected chi connectivity index (χ1v) is 8.87. The maximum absolute atomic E-state index is 13.0. The molecular weight excluding hydrogens is 336 g/mol. The number of likely N-dealkylation sites (tertiary alicyclic amines) is 1. The van der Waals surface area contributed by atoms with Gasteiger partial charge in [-0.15, -0.1) is 0 Å². The fraction of sp³-hybridized carbons (Fsp3) is 0.647. The second-order valence-corrected chi connectivity index (χ2v) is 8.04. The lowest BCUT2D eigenvalue weighted by molar-refractivity contribution is -0.000908. The van der Waals surface area contributed by atoms with Gasteiger partial charge in [-0.1, -0.05) is 0 Å². The minimum atomic E-state index is -0.618. The van der Waals surface area contributed by atoms with Gasteiger partial charge in [-0.3, -0.25) is 9.47 Å². The monoisotopic (exact) mass is 360 g/mol. The van der Waals surface area contributed by atoms with Crippen molar-refractivity contribution in [3.05, 3.63) is 12.7 Å². The number of carbonyl (C=O) groups excluding carboxylic acids is 1. The highest BCUT2D eigenvalue weighted by Gasteiger charge is 2.56. The van der Waals surface area contributed by atoms with E-state index in [1.807, 2.05) is 25.3 Å². The average Bonchev–Trinajstić information content (AvgIpc) is 3.03. The Morgan fingerprint density at radius 2 is 2.04 bits per heavy atom. The second kappa shape index (κ2) is 5.80. The highest BCUT2D eigenvalue weighted by atomic mass is 16.6. The number of ether oxygens (including phenoxy) is 1. The quantitative estimate of drug-likeness (QED) is 0.833. The van der Waals surface area contributed by atoms with E-state index in [0.29, 0.717) is 17.0 Å². The van der Waals surface area contributed by atoms with Crippen LogP contribution in [-0.2, 0) is 4.74 Å². The molecule has 26 heavy (non-hydrogen) atoms. The molecule has 1 saturated heterocycles. The topological polar surface area (TPSA) is 119 Å². The zero-order valence-corrected chi connectivity index (χ0v) is 15.2. The molecule has 0 unspecified atom stereocenters. The third-order valence-corrected chi connectivity index (χ3v) is 5.37. The first-order valence-electron chi connectivity index (χ1n) is 8.87. The number of anilines is 1. The molecule has 1 saturated carbocycles. The Bertz CT molecular complexity index is 845. The molecule has 2 aliphatic rings. The van der Waals surface area contributed by atoms with Gasteiger partial charge in [-0.2, -0.15) is 0 Å². The molecule has 4 atom stereocenters. The van der Waals surface area contributed by atoms with Gasteiger partial charge in [-0.25, -0.2) is 19.7 Å². The van der Waals surface area contributed by atoms with Crippen LogP contribution < -0.4 is 5.73 Å². The number of hydrogen-bond donors (Lipinski definition) is 2. The number of imidazole rings is 1. The van der Waals surface area contributed by atoms with E-state index in [0.717, 1.165) is 12.8 Å². The number of aromatic nitrogens is 4. The summed E-state index contributed by atoms with van der Waals surface area (Å²) in [5, 5.41) is 9.96. The van der Waals surface area contributed by atoms with E-state index >= 15 is 0 Å². The van der Waals surface area contributed by atoms with Gasteiger partial charge in [0.2, 0.25) is 0 Å². The number of hydrogen-bond acceptors (Lipinski definition) is 7. The molecule has 9 heteroatoms. The Hall–Kier alpha value is -2.42. The number of aliphatic hydroxyl groups excluding tert-OH is 1. The molecule has 2 fully saturated rings. The molecule has 2 aromatic heterocycles. The number of rotatable bonds is 2. The number of fused-ring (bicyclic) bond motifs is 2. The van der Waals surface area contributed by atoms with Crippen LogP contribution in [0.15, 0.2) is 12.7 Å². The van der Waals surface area contributed by atoms with Gasteiger partial charge in [0.05, 0.1) is 19.0 Å². The van der Waals surface area contributed by atoms with Crippen molar-refractivity contribution in [2.24, 2.45) is 11.8 Å². The lowest BCUT2D eigenvalue weighted by Gasteiger charge is -2.34. The molecule has 3 heterocycles. The van der Waals surface area contributed by atoms with Crippen LogP contribution in [0.1, 0.15) is 39.8 Å². The molecule has 0 bridgehead atoms. The Labute approximate surface area is 151 Å². The van der Waals surface area contributed by atoms with E-state index in [1.165, 1.54) is 6.33 Å². The zero-order valence-electron chi connectivity index (χ0n) is 15.2. The van der Waals surface area contributed by atoms with E-state index in [2.05, 4.69) is 15.0 Å². The molecule has 2 aromatic rings. The molecule has 1 aliphatic heterocycles. The van der Waals surface area contributed by atoms with Crippen LogP contribution in [0, 0.1) is 11.8 Å². The second-order valence-electron chi connectivity index (χ2n) is 8.04. The molecule has 0 spiro atoms. The van der Waals surface area contributed by atoms with Crippen molar-refractivity contribution in [2.75, 3.05) is 12.3 Å². The maximum atomic E-state index is 13.0. The smallest absolute Gasteiger partial charge is 0.412 e. The van der Waals surface area contributed by atoms with Crippen molar-refractivity contribution >= 4 is 23.1 Å². The Morgan fingerprint density at radius 3 is 2.65 bits per heavy atom. The summed E-state index contributed by atoms with van der Waals surface area (Å²) in [6.45, 7) is 5.40. The highest BCUT2D eigenvalue weighted by molar-refractivity contribution is 5.81. The lowest BCUT2D eigenvalue weighted by atomic mass is 9.72. The summed E-state index contributed by atoms with van der Waals surface area (Å²) in [6, 6.07) is -0.273. The SMILES string of the molecule is CC(C)(C)OC(=O)N1[C@H](CO)[C@H]2CC[C@H]2[C@@H]1n1cnc2c(N)ncnc21. The fourth-order valence-corrected chi connectivity index (χ4v) is 4.19. The van der Waals surface area contributed by atoms with Crippen molar-refractivity contribution in [2.45, 2.75) is 51.4 Å². The van der Waals surface area contributed by atoms with Crippen molar-refractivity contribution in [1.82, 2.24) is 24.4 Å². The van der Waals surface area contributed by atoms with Gasteiger partial charge in [0.15, 0.2) is 11.5 Å². The van der Waals surface area contributed by atoms with Crippen LogP contribution in [0.3, 0.4) is 0 Å². The van der Waals surface area contributed by atoms with Crippen molar-refractivity contribution in [3.63, 3.8) is 0 Å². The summed E-state index contributed by atoms with van der Waals surface area (Å²) in [5.74, 6) is 0.779. The number of nitrogen functional groups attached to an aromatic ring is 1. The van der Waals surface area contributed by atoms with Crippen LogP contribution in [0.25, 0.3) is 11.2 Å². The van der Waals surface area contributed by atoms with Gasteiger partial charge >= 0.3 is 6.09 Å². The third kappa shape index (κ3) is 2.49. The van der Waals surface area contributed by atoms with Crippen LogP contribution in [0.5, 0.6) is 0 Å². The normalized spacial score (nSPS) is 28.1. The number of nitrogens with two attached hydrogens (primary N) is 1. The van der Waals surface area contributed by atoms with Gasteiger partial charge in [0, 0.05) is 5.92 Å². The highest BCUT2D eigenvalue weighted by Crippen LogP contribution is 2.54. The Morgan fingerprint density at radius 1 is 1.31 bits per heavy atom. The largest absolute Gasteiger partial charge is 0.444 e. The van der Waals surface area contributed by atoms with Gasteiger partial charge < -0.3 is 15.6 Å². The van der Waals surface area contributed by atoms with E-state index in [4.69, 9.17) is 10.5 Å². The predicted molar refractivity (Wildman–Crippen MR) is 93.9 cm³/mol. The van der Waals surface area contributed by atoms with Gasteiger partial charge in [0.25, 0.3) is 0 Å². The third-order valence-electron chi connectivity index (χ3n) is 5.37. The zero-order chi connectivity index (χ0) is 18.6. The molecule has 0 aromatic carbocycles. The summed E-state index contributed by atoms with van der Waals surface area (Å²) in [4.78, 5) is 27.2. The maximum Gasteiger partial charge on any atom is 0.412 e. The average molecular weight is 360 g/mol. The summed E-state index contributed by atoms with van der Waals surface area (Å²) < 4.78 is 7.49.